The summed E-state index contributed by atoms with van der Waals surface area (Å²) in [5.41, 5.74) is 2.29. The number of nitrogens with zero attached hydrogens (tertiary/aromatic N) is 1. The molecule has 3 aromatic rings. The number of carbonyl (C=O) groups excluding carboxylic acids is 1. The summed E-state index contributed by atoms with van der Waals surface area (Å²) < 4.78 is 26.4. The maximum Gasteiger partial charge on any atom is 0.231 e. The van der Waals surface area contributed by atoms with Crippen LogP contribution in [0.15, 0.2) is 41.1 Å². The van der Waals surface area contributed by atoms with Crippen LogP contribution >= 0.6 is 0 Å². The van der Waals surface area contributed by atoms with Crippen LogP contribution in [-0.4, -0.2) is 32.1 Å². The summed E-state index contributed by atoms with van der Waals surface area (Å²) in [6.45, 7) is 0.105. The number of ether oxygens (including phenoxy) is 4. The number of carbonyl (C=O) groups is 1. The number of carboxylic acids is 1. The molecule has 0 saturated heterocycles. The van der Waals surface area contributed by atoms with Gasteiger partial charge in [-0.3, -0.25) is 0 Å². The molecule has 1 aliphatic rings. The van der Waals surface area contributed by atoms with E-state index in [1.165, 1.54) is 26.5 Å². The summed E-state index contributed by atoms with van der Waals surface area (Å²) >= 11 is 0. The molecule has 27 heavy (non-hydrogen) atoms. The van der Waals surface area contributed by atoms with Gasteiger partial charge < -0.3 is 33.4 Å². The molecular weight excluding hydrogens is 354 g/mol. The molecule has 0 fully saturated rings. The lowest BCUT2D eigenvalue weighted by Crippen LogP contribution is -2.23. The first-order valence-corrected chi connectivity index (χ1v) is 7.94. The molecule has 0 radical (unpaired) electrons. The standard InChI is InChI=1S/C19H15NO7/c1-23-14-4-3-10(5-12(14)19(21)22)13-8-27-20-17(13)11-6-15(24-2)18-16(7-11)25-9-26-18/h3-8H,9H2,1-2H3,(H,21,22)/p-1. The van der Waals surface area contributed by atoms with E-state index in [9.17, 15) is 9.90 Å². The van der Waals surface area contributed by atoms with Crippen molar-refractivity contribution >= 4 is 5.97 Å². The maximum absolute atomic E-state index is 11.4. The number of fused-ring (bicyclic) bond motifs is 1. The number of hydrogen-bond acceptors (Lipinski definition) is 8. The van der Waals surface area contributed by atoms with Gasteiger partial charge >= 0.3 is 0 Å². The van der Waals surface area contributed by atoms with Gasteiger partial charge in [0, 0.05) is 16.7 Å². The fourth-order valence-electron chi connectivity index (χ4n) is 2.95. The largest absolute Gasteiger partial charge is 0.545 e. The molecule has 0 N–H and O–H groups in total. The zero-order chi connectivity index (χ0) is 19.0. The van der Waals surface area contributed by atoms with Crippen LogP contribution in [0.2, 0.25) is 0 Å². The Balaban J connectivity index is 1.83. The molecule has 1 aliphatic heterocycles. The zero-order valence-corrected chi connectivity index (χ0v) is 14.5. The van der Waals surface area contributed by atoms with E-state index in [0.29, 0.717) is 39.6 Å². The van der Waals surface area contributed by atoms with E-state index in [2.05, 4.69) is 5.16 Å². The predicted octanol–water partition coefficient (Wildman–Crippen LogP) is 2.12. The van der Waals surface area contributed by atoms with Gasteiger partial charge in [-0.15, -0.1) is 0 Å². The monoisotopic (exact) mass is 368 g/mol. The topological polar surface area (TPSA) is 103 Å². The Labute approximate surface area is 153 Å². The molecule has 0 aliphatic carbocycles. The van der Waals surface area contributed by atoms with Crippen LogP contribution in [0, 0.1) is 0 Å². The highest BCUT2D eigenvalue weighted by molar-refractivity contribution is 5.92. The molecule has 2 aromatic carbocycles. The SMILES string of the molecule is COc1ccc(-c2conc2-c2cc(OC)c3c(c2)OCO3)cc1C(=O)[O-]. The molecule has 0 amide bonds. The molecular formula is C19H14NO7-. The van der Waals surface area contributed by atoms with Gasteiger partial charge in [0.2, 0.25) is 12.5 Å². The molecule has 1 aromatic heterocycles. The van der Waals surface area contributed by atoms with Crippen molar-refractivity contribution in [3.8, 4) is 45.4 Å². The molecule has 4 rings (SSSR count). The summed E-state index contributed by atoms with van der Waals surface area (Å²) in [4.78, 5) is 11.4. The van der Waals surface area contributed by atoms with Crippen LogP contribution in [0.25, 0.3) is 22.4 Å². The second-order valence-corrected chi connectivity index (χ2v) is 5.69. The maximum atomic E-state index is 11.4. The smallest absolute Gasteiger partial charge is 0.231 e. The van der Waals surface area contributed by atoms with Crippen LogP contribution in [0.1, 0.15) is 10.4 Å². The number of carboxylic acid groups (broad SMARTS) is 1. The van der Waals surface area contributed by atoms with Crippen LogP contribution in [0.4, 0.5) is 0 Å². The number of methoxy groups -OCH3 is 2. The van der Waals surface area contributed by atoms with E-state index >= 15 is 0 Å². The fourth-order valence-corrected chi connectivity index (χ4v) is 2.95. The lowest BCUT2D eigenvalue weighted by Gasteiger charge is -2.12. The van der Waals surface area contributed by atoms with Crippen molar-refractivity contribution in [1.82, 2.24) is 5.16 Å². The average molecular weight is 368 g/mol. The Hall–Kier alpha value is -3.68. The predicted molar refractivity (Wildman–Crippen MR) is 90.9 cm³/mol. The van der Waals surface area contributed by atoms with Gasteiger partial charge in [-0.2, -0.15) is 0 Å². The molecule has 0 unspecified atom stereocenters. The van der Waals surface area contributed by atoms with Gasteiger partial charge in [0.05, 0.1) is 20.2 Å². The van der Waals surface area contributed by atoms with E-state index in [-0.39, 0.29) is 18.1 Å². The van der Waals surface area contributed by atoms with Crippen LogP contribution < -0.4 is 24.1 Å². The molecule has 8 heteroatoms. The summed E-state index contributed by atoms with van der Waals surface area (Å²) in [5, 5.41) is 15.5. The molecule has 0 spiro atoms. The van der Waals surface area contributed by atoms with Gasteiger partial charge in [-0.05, 0) is 29.8 Å². The second kappa shape index (κ2) is 6.56. The lowest BCUT2D eigenvalue weighted by atomic mass is 9.99. The molecule has 8 nitrogen and oxygen atoms in total. The Morgan fingerprint density at radius 3 is 2.63 bits per heavy atom. The first kappa shape index (κ1) is 16.8. The quantitative estimate of drug-likeness (QED) is 0.675. The molecule has 0 bridgehead atoms. The summed E-state index contributed by atoms with van der Waals surface area (Å²) in [6, 6.07) is 8.23. The van der Waals surface area contributed by atoms with E-state index in [0.717, 1.165) is 0 Å². The fraction of sp³-hybridized carbons (Fsp3) is 0.158. The van der Waals surface area contributed by atoms with Gasteiger partial charge in [-0.1, -0.05) is 11.2 Å². The minimum Gasteiger partial charge on any atom is -0.545 e. The van der Waals surface area contributed by atoms with Gasteiger partial charge in [0.25, 0.3) is 0 Å². The van der Waals surface area contributed by atoms with E-state index in [1.54, 1.807) is 24.3 Å². The van der Waals surface area contributed by atoms with Crippen LogP contribution in [0.5, 0.6) is 23.0 Å². The normalized spacial score (nSPS) is 12.1. The first-order chi connectivity index (χ1) is 13.1. The summed E-state index contributed by atoms with van der Waals surface area (Å²) in [5.74, 6) is 0.426. The molecule has 138 valence electrons. The number of rotatable bonds is 5. The van der Waals surface area contributed by atoms with Gasteiger partial charge in [0.15, 0.2) is 11.5 Å². The minimum atomic E-state index is -1.34. The zero-order valence-electron chi connectivity index (χ0n) is 14.5. The Bertz CT molecular complexity index is 1020. The van der Waals surface area contributed by atoms with Gasteiger partial charge in [0.1, 0.15) is 17.7 Å². The number of benzene rings is 2. The number of aromatic carboxylic acids is 1. The van der Waals surface area contributed by atoms with E-state index < -0.39 is 5.97 Å². The van der Waals surface area contributed by atoms with Crippen molar-refractivity contribution in [1.29, 1.82) is 0 Å². The van der Waals surface area contributed by atoms with Crippen molar-refractivity contribution in [3.05, 3.63) is 42.2 Å². The lowest BCUT2D eigenvalue weighted by molar-refractivity contribution is -0.255. The van der Waals surface area contributed by atoms with Gasteiger partial charge in [-0.25, -0.2) is 0 Å². The molecule has 0 saturated carbocycles. The van der Waals surface area contributed by atoms with E-state index in [1.807, 2.05) is 0 Å². The Morgan fingerprint density at radius 2 is 1.89 bits per heavy atom. The van der Waals surface area contributed by atoms with Crippen LogP contribution in [-0.2, 0) is 0 Å². The third kappa shape index (κ3) is 2.80. The highest BCUT2D eigenvalue weighted by Gasteiger charge is 2.23. The first-order valence-electron chi connectivity index (χ1n) is 7.94. The van der Waals surface area contributed by atoms with Crippen molar-refractivity contribution in [2.75, 3.05) is 21.0 Å². The Morgan fingerprint density at radius 1 is 1.07 bits per heavy atom. The Kier molecular flexibility index (Phi) is 4.08. The van der Waals surface area contributed by atoms with Crippen LogP contribution in [0.3, 0.4) is 0 Å². The highest BCUT2D eigenvalue weighted by atomic mass is 16.7. The average Bonchev–Trinajstić information content (AvgIpc) is 3.35. The number of hydrogen-bond donors (Lipinski definition) is 0. The third-order valence-corrected chi connectivity index (χ3v) is 4.23. The van der Waals surface area contributed by atoms with Crippen molar-refractivity contribution in [2.45, 2.75) is 0 Å². The van der Waals surface area contributed by atoms with Crippen molar-refractivity contribution in [2.24, 2.45) is 0 Å². The highest BCUT2D eigenvalue weighted by Crippen LogP contribution is 2.45. The molecule has 0 atom stereocenters. The number of aromatic nitrogens is 1. The second-order valence-electron chi connectivity index (χ2n) is 5.69. The van der Waals surface area contributed by atoms with E-state index in [4.69, 9.17) is 23.5 Å². The summed E-state index contributed by atoms with van der Waals surface area (Å²) in [7, 11) is 2.92. The third-order valence-electron chi connectivity index (χ3n) is 4.23. The summed E-state index contributed by atoms with van der Waals surface area (Å²) in [6.07, 6.45) is 1.44. The minimum absolute atomic E-state index is 0.0644. The van der Waals surface area contributed by atoms with Crippen molar-refractivity contribution in [3.63, 3.8) is 0 Å². The molecule has 2 heterocycles. The van der Waals surface area contributed by atoms with Crippen molar-refractivity contribution < 1.29 is 33.4 Å².